The van der Waals surface area contributed by atoms with Crippen molar-refractivity contribution in [2.75, 3.05) is 5.32 Å². The number of fused-ring (bicyclic) bond motifs is 1. The number of anilines is 1. The zero-order valence-corrected chi connectivity index (χ0v) is 9.53. The van der Waals surface area contributed by atoms with E-state index in [1.807, 2.05) is 6.07 Å². The van der Waals surface area contributed by atoms with Gasteiger partial charge in [0, 0.05) is 17.3 Å². The van der Waals surface area contributed by atoms with Crippen molar-refractivity contribution in [3.8, 4) is 6.07 Å². The van der Waals surface area contributed by atoms with Gasteiger partial charge in [0.2, 0.25) is 5.91 Å². The molecule has 1 amide bonds. The molecule has 0 unspecified atom stereocenters. The highest BCUT2D eigenvalue weighted by atomic mass is 35.5. The number of hydrogen-bond donors (Lipinski definition) is 1. The molecule has 1 N–H and O–H groups in total. The van der Waals surface area contributed by atoms with E-state index in [0.29, 0.717) is 16.2 Å². The summed E-state index contributed by atoms with van der Waals surface area (Å²) in [4.78, 5) is 15.4. The molecule has 5 heteroatoms. The summed E-state index contributed by atoms with van der Waals surface area (Å²) >= 11 is 6.04. The van der Waals surface area contributed by atoms with Crippen LogP contribution in [0.25, 0.3) is 10.9 Å². The number of halogens is 1. The second-order valence-electron chi connectivity index (χ2n) is 3.42. The van der Waals surface area contributed by atoms with Crippen LogP contribution in [-0.2, 0) is 4.79 Å². The number of hydrogen-bond acceptors (Lipinski definition) is 3. The molecule has 1 aromatic carbocycles. The molecular weight excluding hydrogens is 238 g/mol. The molecule has 84 valence electrons. The van der Waals surface area contributed by atoms with E-state index < -0.39 is 0 Å². The first-order valence-corrected chi connectivity index (χ1v) is 5.29. The minimum Gasteiger partial charge on any atom is -0.325 e. The third kappa shape index (κ3) is 2.52. The smallest absolute Gasteiger partial charge is 0.238 e. The van der Waals surface area contributed by atoms with Crippen molar-refractivity contribution in [3.63, 3.8) is 0 Å². The predicted octanol–water partition coefficient (Wildman–Crippen LogP) is 2.74. The molecule has 2 aromatic rings. The fourth-order valence-electron chi connectivity index (χ4n) is 1.50. The Kier molecular flexibility index (Phi) is 3.22. The van der Waals surface area contributed by atoms with E-state index >= 15 is 0 Å². The van der Waals surface area contributed by atoms with Crippen molar-refractivity contribution in [3.05, 3.63) is 35.5 Å². The van der Waals surface area contributed by atoms with Gasteiger partial charge in [-0.3, -0.25) is 9.78 Å². The van der Waals surface area contributed by atoms with Crippen LogP contribution in [0.5, 0.6) is 0 Å². The quantitative estimate of drug-likeness (QED) is 0.885. The number of carbonyl (C=O) groups is 1. The van der Waals surface area contributed by atoms with Gasteiger partial charge in [0.1, 0.15) is 6.42 Å². The number of aromatic nitrogens is 1. The summed E-state index contributed by atoms with van der Waals surface area (Å²) in [5, 5.41) is 12.3. The van der Waals surface area contributed by atoms with Crippen molar-refractivity contribution < 1.29 is 4.79 Å². The Bertz CT molecular complexity index is 619. The fraction of sp³-hybridized carbons (Fsp3) is 0.0833. The second kappa shape index (κ2) is 4.81. The van der Waals surface area contributed by atoms with Crippen LogP contribution in [0.15, 0.2) is 30.5 Å². The molecule has 17 heavy (non-hydrogen) atoms. The lowest BCUT2D eigenvalue weighted by Crippen LogP contribution is -2.10. The van der Waals surface area contributed by atoms with E-state index in [1.54, 1.807) is 30.5 Å². The first-order valence-electron chi connectivity index (χ1n) is 4.92. The number of benzene rings is 1. The third-order valence-corrected chi connectivity index (χ3v) is 2.47. The van der Waals surface area contributed by atoms with E-state index in [0.717, 1.165) is 5.39 Å². The number of nitrogens with one attached hydrogen (secondary N) is 1. The van der Waals surface area contributed by atoms with Gasteiger partial charge in [-0.2, -0.15) is 5.26 Å². The zero-order chi connectivity index (χ0) is 12.3. The molecular formula is C12H8ClN3O. The average molecular weight is 246 g/mol. The molecule has 0 spiro atoms. The maximum absolute atomic E-state index is 11.3. The molecule has 0 saturated carbocycles. The number of nitriles is 1. The highest BCUT2D eigenvalue weighted by Gasteiger charge is 2.06. The van der Waals surface area contributed by atoms with Gasteiger partial charge in [-0.15, -0.1) is 0 Å². The molecule has 0 bridgehead atoms. The van der Waals surface area contributed by atoms with Crippen LogP contribution in [0.2, 0.25) is 5.02 Å². The van der Waals surface area contributed by atoms with Crippen molar-refractivity contribution >= 4 is 34.1 Å². The maximum atomic E-state index is 11.3. The van der Waals surface area contributed by atoms with Crippen LogP contribution < -0.4 is 5.32 Å². The lowest BCUT2D eigenvalue weighted by atomic mass is 10.2. The summed E-state index contributed by atoms with van der Waals surface area (Å²) in [6.45, 7) is 0. The molecule has 0 aliphatic carbocycles. The number of pyridine rings is 1. The monoisotopic (exact) mass is 245 g/mol. The van der Waals surface area contributed by atoms with Gasteiger partial charge in [-0.1, -0.05) is 17.7 Å². The Balaban J connectivity index is 2.37. The number of rotatable bonds is 2. The molecule has 1 heterocycles. The SMILES string of the molecule is N#CCC(=O)Nc1cc(Cl)c2ncccc2c1. The molecule has 1 aromatic heterocycles. The van der Waals surface area contributed by atoms with E-state index in [-0.39, 0.29) is 12.3 Å². The Morgan fingerprint density at radius 1 is 1.53 bits per heavy atom. The lowest BCUT2D eigenvalue weighted by Gasteiger charge is -2.06. The fourth-order valence-corrected chi connectivity index (χ4v) is 1.77. The topological polar surface area (TPSA) is 65.8 Å². The standard InChI is InChI=1S/C12H8ClN3O/c13-10-7-9(16-11(17)3-4-14)6-8-2-1-5-15-12(8)10/h1-2,5-7H,3H2,(H,16,17). The maximum Gasteiger partial charge on any atom is 0.238 e. The van der Waals surface area contributed by atoms with Crippen LogP contribution in [-0.4, -0.2) is 10.9 Å². The second-order valence-corrected chi connectivity index (χ2v) is 3.82. The summed E-state index contributed by atoms with van der Waals surface area (Å²) in [7, 11) is 0. The Morgan fingerprint density at radius 2 is 2.35 bits per heavy atom. The third-order valence-electron chi connectivity index (χ3n) is 2.18. The van der Waals surface area contributed by atoms with Gasteiger partial charge >= 0.3 is 0 Å². The van der Waals surface area contributed by atoms with Crippen LogP contribution in [0.4, 0.5) is 5.69 Å². The molecule has 0 aliphatic heterocycles. The van der Waals surface area contributed by atoms with E-state index in [2.05, 4.69) is 10.3 Å². The van der Waals surface area contributed by atoms with Crippen molar-refractivity contribution in [1.82, 2.24) is 4.98 Å². The van der Waals surface area contributed by atoms with E-state index in [9.17, 15) is 4.79 Å². The molecule has 0 saturated heterocycles. The highest BCUT2D eigenvalue weighted by molar-refractivity contribution is 6.35. The van der Waals surface area contributed by atoms with Crippen LogP contribution >= 0.6 is 11.6 Å². The van der Waals surface area contributed by atoms with Gasteiger partial charge in [0.15, 0.2) is 0 Å². The Labute approximate surface area is 103 Å². The van der Waals surface area contributed by atoms with Crippen molar-refractivity contribution in [2.24, 2.45) is 0 Å². The van der Waals surface area contributed by atoms with E-state index in [4.69, 9.17) is 16.9 Å². The molecule has 0 fully saturated rings. The van der Waals surface area contributed by atoms with Gasteiger partial charge in [0.05, 0.1) is 16.6 Å². The minimum absolute atomic E-state index is 0.178. The number of amides is 1. The molecule has 4 nitrogen and oxygen atoms in total. The average Bonchev–Trinajstić information content (AvgIpc) is 2.29. The summed E-state index contributed by atoms with van der Waals surface area (Å²) in [6.07, 6.45) is 1.48. The number of nitrogens with zero attached hydrogens (tertiary/aromatic N) is 2. The summed E-state index contributed by atoms with van der Waals surface area (Å²) in [5.41, 5.74) is 1.25. The molecule has 0 aliphatic rings. The van der Waals surface area contributed by atoms with Crippen LogP contribution in [0.3, 0.4) is 0 Å². The van der Waals surface area contributed by atoms with Crippen molar-refractivity contribution in [1.29, 1.82) is 5.26 Å². The molecule has 0 radical (unpaired) electrons. The lowest BCUT2D eigenvalue weighted by molar-refractivity contribution is -0.115. The Morgan fingerprint density at radius 3 is 3.12 bits per heavy atom. The summed E-state index contributed by atoms with van der Waals surface area (Å²) in [5.74, 6) is -0.355. The van der Waals surface area contributed by atoms with Crippen LogP contribution in [0, 0.1) is 11.3 Å². The molecule has 0 atom stereocenters. The first-order chi connectivity index (χ1) is 8.20. The van der Waals surface area contributed by atoms with Crippen molar-refractivity contribution in [2.45, 2.75) is 6.42 Å². The van der Waals surface area contributed by atoms with Crippen LogP contribution in [0.1, 0.15) is 6.42 Å². The number of carbonyl (C=O) groups excluding carboxylic acids is 1. The van der Waals surface area contributed by atoms with Gasteiger partial charge < -0.3 is 5.32 Å². The largest absolute Gasteiger partial charge is 0.325 e. The van der Waals surface area contributed by atoms with Gasteiger partial charge in [0.25, 0.3) is 0 Å². The predicted molar refractivity (Wildman–Crippen MR) is 65.6 cm³/mol. The highest BCUT2D eigenvalue weighted by Crippen LogP contribution is 2.25. The molecule has 2 rings (SSSR count). The van der Waals surface area contributed by atoms with E-state index in [1.165, 1.54) is 0 Å². The first kappa shape index (κ1) is 11.4. The summed E-state index contributed by atoms with van der Waals surface area (Å²) < 4.78 is 0. The van der Waals surface area contributed by atoms with Gasteiger partial charge in [-0.05, 0) is 18.2 Å². The normalized spacial score (nSPS) is 9.88. The zero-order valence-electron chi connectivity index (χ0n) is 8.77. The summed E-state index contributed by atoms with van der Waals surface area (Å²) in [6, 6.07) is 8.81. The van der Waals surface area contributed by atoms with Gasteiger partial charge in [-0.25, -0.2) is 0 Å². The minimum atomic E-state index is -0.355. The Hall–Kier alpha value is -2.12.